The molecule has 3 amide bonds. The fourth-order valence-electron chi connectivity index (χ4n) is 1.81. The number of carbonyl (C=O) groups is 5. The van der Waals surface area contributed by atoms with E-state index in [9.17, 15) is 24.0 Å². The third kappa shape index (κ3) is 8.11. The van der Waals surface area contributed by atoms with E-state index >= 15 is 0 Å². The number of nitrogens with one attached hydrogen (secondary N) is 3. The minimum atomic E-state index is -1.62. The summed E-state index contributed by atoms with van der Waals surface area (Å²) in [5.74, 6) is -5.25. The van der Waals surface area contributed by atoms with Crippen LogP contribution in [0.5, 0.6) is 0 Å². The lowest BCUT2D eigenvalue weighted by atomic mass is 10.0. The first-order valence-corrected chi connectivity index (χ1v) is 7.54. The lowest BCUT2D eigenvalue weighted by Gasteiger charge is -2.24. The number of carboxylic acids is 2. The second-order valence-electron chi connectivity index (χ2n) is 5.72. The van der Waals surface area contributed by atoms with Gasteiger partial charge in [-0.3, -0.25) is 19.2 Å². The smallest absolute Gasteiger partial charge is 0.326 e. The van der Waals surface area contributed by atoms with Crippen LogP contribution in [0.3, 0.4) is 0 Å². The summed E-state index contributed by atoms with van der Waals surface area (Å²) < 4.78 is 0. The number of aliphatic carboxylic acids is 2. The third-order valence-corrected chi connectivity index (χ3v) is 3.20. The molecule has 0 aliphatic rings. The van der Waals surface area contributed by atoms with Crippen LogP contribution in [0.4, 0.5) is 0 Å². The molecule has 11 nitrogen and oxygen atoms in total. The van der Waals surface area contributed by atoms with Crippen LogP contribution in [0.25, 0.3) is 0 Å². The number of amides is 3. The van der Waals surface area contributed by atoms with Crippen LogP contribution in [-0.4, -0.2) is 64.5 Å². The van der Waals surface area contributed by atoms with Crippen molar-refractivity contribution in [3.05, 3.63) is 0 Å². The van der Waals surface area contributed by atoms with E-state index in [0.717, 1.165) is 0 Å². The standard InChI is InChI=1S/C14H24N4O7/c1-6(2)11(18-9(19)5-15)13(23)16-7(3)12(22)17-8(14(24)25)4-10(20)21/h6-8,11H,4-5,15H2,1-3H3,(H,16,23)(H,17,22)(H,18,19)(H,20,21)(H,24,25). The van der Waals surface area contributed by atoms with E-state index in [1.54, 1.807) is 13.8 Å². The Balaban J connectivity index is 4.86. The Morgan fingerprint density at radius 1 is 0.920 bits per heavy atom. The van der Waals surface area contributed by atoms with E-state index < -0.39 is 54.2 Å². The summed E-state index contributed by atoms with van der Waals surface area (Å²) in [5, 5.41) is 24.3. The van der Waals surface area contributed by atoms with Crippen LogP contribution in [-0.2, 0) is 24.0 Å². The fraction of sp³-hybridized carbons (Fsp3) is 0.643. The van der Waals surface area contributed by atoms with Gasteiger partial charge in [-0.2, -0.15) is 0 Å². The number of rotatable bonds is 10. The molecule has 0 fully saturated rings. The van der Waals surface area contributed by atoms with Gasteiger partial charge in [0.25, 0.3) is 0 Å². The Kier molecular flexibility index (Phi) is 9.13. The lowest BCUT2D eigenvalue weighted by Crippen LogP contribution is -2.56. The average molecular weight is 360 g/mol. The van der Waals surface area contributed by atoms with E-state index in [1.165, 1.54) is 6.92 Å². The average Bonchev–Trinajstić information content (AvgIpc) is 2.50. The van der Waals surface area contributed by atoms with Gasteiger partial charge in [0.2, 0.25) is 17.7 Å². The predicted molar refractivity (Wildman–Crippen MR) is 85.2 cm³/mol. The van der Waals surface area contributed by atoms with Gasteiger partial charge in [0.15, 0.2) is 0 Å². The van der Waals surface area contributed by atoms with Crippen LogP contribution in [0.2, 0.25) is 0 Å². The van der Waals surface area contributed by atoms with Crippen LogP contribution >= 0.6 is 0 Å². The first-order chi connectivity index (χ1) is 11.5. The molecule has 0 saturated carbocycles. The summed E-state index contributed by atoms with van der Waals surface area (Å²) in [6.45, 7) is 4.36. The van der Waals surface area contributed by atoms with E-state index in [4.69, 9.17) is 15.9 Å². The maximum Gasteiger partial charge on any atom is 0.326 e. The molecule has 3 unspecified atom stereocenters. The molecule has 25 heavy (non-hydrogen) atoms. The Morgan fingerprint density at radius 3 is 1.88 bits per heavy atom. The van der Waals surface area contributed by atoms with Gasteiger partial charge in [-0.05, 0) is 12.8 Å². The number of nitrogens with two attached hydrogens (primary N) is 1. The van der Waals surface area contributed by atoms with Gasteiger partial charge in [0.1, 0.15) is 18.1 Å². The van der Waals surface area contributed by atoms with Crippen molar-refractivity contribution in [2.45, 2.75) is 45.3 Å². The summed E-state index contributed by atoms with van der Waals surface area (Å²) >= 11 is 0. The highest BCUT2D eigenvalue weighted by Crippen LogP contribution is 2.03. The number of carbonyl (C=O) groups excluding carboxylic acids is 3. The highest BCUT2D eigenvalue weighted by molar-refractivity contribution is 5.94. The molecule has 7 N–H and O–H groups in total. The van der Waals surface area contributed by atoms with E-state index in [0.29, 0.717) is 0 Å². The van der Waals surface area contributed by atoms with E-state index in [1.807, 2.05) is 5.32 Å². The Labute approximate surface area is 144 Å². The molecular weight excluding hydrogens is 336 g/mol. The summed E-state index contributed by atoms with van der Waals surface area (Å²) in [5.41, 5.74) is 5.18. The molecule has 0 aliphatic heterocycles. The van der Waals surface area contributed by atoms with Gasteiger partial charge in [0.05, 0.1) is 13.0 Å². The lowest BCUT2D eigenvalue weighted by molar-refractivity contribution is -0.147. The number of hydrogen-bond donors (Lipinski definition) is 6. The first kappa shape index (κ1) is 22.3. The zero-order valence-corrected chi connectivity index (χ0v) is 14.2. The topological polar surface area (TPSA) is 188 Å². The van der Waals surface area contributed by atoms with Crippen molar-refractivity contribution in [2.75, 3.05) is 6.54 Å². The summed E-state index contributed by atoms with van der Waals surface area (Å²) in [4.78, 5) is 57.1. The van der Waals surface area contributed by atoms with Gasteiger partial charge in [-0.25, -0.2) is 4.79 Å². The minimum absolute atomic E-state index is 0.287. The van der Waals surface area contributed by atoms with Gasteiger partial charge >= 0.3 is 11.9 Å². The van der Waals surface area contributed by atoms with Crippen LogP contribution < -0.4 is 21.7 Å². The summed E-state index contributed by atoms with van der Waals surface area (Å²) in [7, 11) is 0. The third-order valence-electron chi connectivity index (χ3n) is 3.20. The Hall–Kier alpha value is -2.69. The predicted octanol–water partition coefficient (Wildman–Crippen LogP) is -2.37. The summed E-state index contributed by atoms with van der Waals surface area (Å²) in [6.07, 6.45) is -0.803. The number of hydrogen-bond acceptors (Lipinski definition) is 6. The van der Waals surface area contributed by atoms with Gasteiger partial charge in [0, 0.05) is 0 Å². The van der Waals surface area contributed by atoms with Gasteiger partial charge < -0.3 is 31.9 Å². The van der Waals surface area contributed by atoms with Crippen molar-refractivity contribution in [1.82, 2.24) is 16.0 Å². The van der Waals surface area contributed by atoms with Gasteiger partial charge in [-0.15, -0.1) is 0 Å². The van der Waals surface area contributed by atoms with E-state index in [-0.39, 0.29) is 12.5 Å². The first-order valence-electron chi connectivity index (χ1n) is 7.54. The highest BCUT2D eigenvalue weighted by Gasteiger charge is 2.29. The van der Waals surface area contributed by atoms with E-state index in [2.05, 4.69) is 10.6 Å². The van der Waals surface area contributed by atoms with Crippen molar-refractivity contribution >= 4 is 29.7 Å². The molecule has 0 aromatic carbocycles. The molecule has 0 heterocycles. The van der Waals surface area contributed by atoms with Crippen molar-refractivity contribution in [3.63, 3.8) is 0 Å². The maximum absolute atomic E-state index is 12.2. The molecule has 0 saturated heterocycles. The number of carboxylic acid groups (broad SMARTS) is 2. The monoisotopic (exact) mass is 360 g/mol. The second kappa shape index (κ2) is 10.2. The van der Waals surface area contributed by atoms with Gasteiger partial charge in [-0.1, -0.05) is 13.8 Å². The molecule has 0 spiro atoms. The molecule has 0 bridgehead atoms. The second-order valence-corrected chi connectivity index (χ2v) is 5.72. The highest BCUT2D eigenvalue weighted by atomic mass is 16.4. The van der Waals surface area contributed by atoms with Crippen LogP contribution in [0.15, 0.2) is 0 Å². The van der Waals surface area contributed by atoms with Crippen molar-refractivity contribution in [3.8, 4) is 0 Å². The van der Waals surface area contributed by atoms with Crippen molar-refractivity contribution in [1.29, 1.82) is 0 Å². The molecule has 0 aromatic heterocycles. The maximum atomic E-state index is 12.2. The zero-order valence-electron chi connectivity index (χ0n) is 14.2. The fourth-order valence-corrected chi connectivity index (χ4v) is 1.81. The minimum Gasteiger partial charge on any atom is -0.481 e. The molecule has 0 aliphatic carbocycles. The molecule has 3 atom stereocenters. The summed E-state index contributed by atoms with van der Waals surface area (Å²) in [6, 6.07) is -3.69. The SMILES string of the molecule is CC(NC(=O)C(NC(=O)CN)C(C)C)C(=O)NC(CC(=O)O)C(=O)O. The normalized spacial score (nSPS) is 14.1. The molecule has 0 rings (SSSR count). The Bertz CT molecular complexity index is 535. The quantitative estimate of drug-likeness (QED) is 0.249. The molecule has 142 valence electrons. The van der Waals surface area contributed by atoms with Crippen LogP contribution in [0.1, 0.15) is 27.2 Å². The van der Waals surface area contributed by atoms with Crippen molar-refractivity contribution < 1.29 is 34.2 Å². The van der Waals surface area contributed by atoms with Crippen molar-refractivity contribution in [2.24, 2.45) is 11.7 Å². The van der Waals surface area contributed by atoms with Crippen LogP contribution in [0, 0.1) is 5.92 Å². The zero-order chi connectivity index (χ0) is 19.7. The molecule has 11 heteroatoms. The largest absolute Gasteiger partial charge is 0.481 e. The molecular formula is C14H24N4O7. The molecule has 0 aromatic rings. The Morgan fingerprint density at radius 2 is 1.48 bits per heavy atom. The molecule has 0 radical (unpaired) electrons.